The van der Waals surface area contributed by atoms with Crippen molar-refractivity contribution in [2.45, 2.75) is 12.5 Å². The molecule has 0 saturated carbocycles. The Bertz CT molecular complexity index is 793. The van der Waals surface area contributed by atoms with Crippen LogP contribution < -0.4 is 4.90 Å². The first-order chi connectivity index (χ1) is 11.2. The highest BCUT2D eigenvalue weighted by molar-refractivity contribution is 7.19. The summed E-state index contributed by atoms with van der Waals surface area (Å²) < 4.78 is 11.4. The Labute approximate surface area is 137 Å². The van der Waals surface area contributed by atoms with E-state index in [2.05, 4.69) is 11.1 Å². The summed E-state index contributed by atoms with van der Waals surface area (Å²) in [7, 11) is 1.55. The van der Waals surface area contributed by atoms with Gasteiger partial charge >= 0.3 is 0 Å². The number of amides is 1. The predicted octanol–water partition coefficient (Wildman–Crippen LogP) is 2.56. The van der Waals surface area contributed by atoms with Gasteiger partial charge in [0.05, 0.1) is 29.3 Å². The smallest absolute Gasteiger partial charge is 0.260 e. The average molecular weight is 329 g/mol. The molecule has 1 aromatic carbocycles. The van der Waals surface area contributed by atoms with Gasteiger partial charge in [0.1, 0.15) is 11.7 Å². The zero-order valence-electron chi connectivity index (χ0n) is 12.6. The lowest BCUT2D eigenvalue weighted by Gasteiger charge is -2.14. The molecule has 1 aliphatic rings. The summed E-state index contributed by atoms with van der Waals surface area (Å²) in [5.41, 5.74) is 1.66. The Morgan fingerprint density at radius 2 is 2.48 bits per heavy atom. The van der Waals surface area contributed by atoms with E-state index in [0.717, 1.165) is 20.9 Å². The average Bonchev–Trinajstić information content (AvgIpc) is 3.11. The lowest BCUT2D eigenvalue weighted by molar-refractivity contribution is -0.124. The van der Waals surface area contributed by atoms with Crippen LogP contribution in [0.3, 0.4) is 0 Å². The quantitative estimate of drug-likeness (QED) is 0.842. The van der Waals surface area contributed by atoms with E-state index in [9.17, 15) is 4.79 Å². The van der Waals surface area contributed by atoms with Crippen LogP contribution in [0.2, 0.25) is 0 Å². The summed E-state index contributed by atoms with van der Waals surface area (Å²) in [6.07, 6.45) is 3.45. The molecule has 1 fully saturated rings. The molecule has 0 aliphatic carbocycles. The van der Waals surface area contributed by atoms with Crippen LogP contribution in [-0.2, 0) is 14.3 Å². The standard InChI is InChI=1S/C16H15N3O3S/c1-21-9-13-16(20)19(10-22-13)11-5-6-12-14(8-11)23-15(18-12)4-2-3-7-17/h2,4-6,8,13H,3,9-10H2,1H3. The molecular formula is C16H15N3O3S. The van der Waals surface area contributed by atoms with Gasteiger partial charge in [-0.05, 0) is 24.3 Å². The van der Waals surface area contributed by atoms with Gasteiger partial charge in [-0.3, -0.25) is 9.69 Å². The number of carbonyl (C=O) groups excluding carboxylic acids is 1. The molecule has 118 valence electrons. The number of thiazole rings is 1. The molecule has 7 heteroatoms. The molecule has 1 aliphatic heterocycles. The van der Waals surface area contributed by atoms with Gasteiger partial charge in [-0.25, -0.2) is 4.98 Å². The molecule has 0 N–H and O–H groups in total. The van der Waals surface area contributed by atoms with Gasteiger partial charge in [-0.1, -0.05) is 6.08 Å². The van der Waals surface area contributed by atoms with Crippen molar-refractivity contribution in [3.8, 4) is 6.07 Å². The zero-order valence-corrected chi connectivity index (χ0v) is 13.4. The van der Waals surface area contributed by atoms with Crippen molar-refractivity contribution in [3.05, 3.63) is 29.3 Å². The van der Waals surface area contributed by atoms with E-state index in [-0.39, 0.29) is 19.2 Å². The van der Waals surface area contributed by atoms with E-state index >= 15 is 0 Å². The molecular weight excluding hydrogens is 314 g/mol. The monoisotopic (exact) mass is 329 g/mol. The Balaban J connectivity index is 1.83. The molecule has 1 saturated heterocycles. The molecule has 2 heterocycles. The van der Waals surface area contributed by atoms with E-state index in [0.29, 0.717) is 6.42 Å². The molecule has 1 amide bonds. The largest absolute Gasteiger partial charge is 0.381 e. The molecule has 0 bridgehead atoms. The first-order valence-corrected chi connectivity index (χ1v) is 7.90. The van der Waals surface area contributed by atoms with Crippen LogP contribution in [0.15, 0.2) is 24.3 Å². The van der Waals surface area contributed by atoms with Crippen molar-refractivity contribution in [1.29, 1.82) is 5.26 Å². The van der Waals surface area contributed by atoms with Crippen molar-refractivity contribution < 1.29 is 14.3 Å². The molecule has 1 atom stereocenters. The van der Waals surface area contributed by atoms with E-state index in [1.165, 1.54) is 11.3 Å². The van der Waals surface area contributed by atoms with Gasteiger partial charge in [0.15, 0.2) is 6.10 Å². The minimum atomic E-state index is -0.540. The van der Waals surface area contributed by atoms with Crippen LogP contribution in [-0.4, -0.2) is 37.4 Å². The highest BCUT2D eigenvalue weighted by Gasteiger charge is 2.33. The molecule has 2 aromatic rings. The lowest BCUT2D eigenvalue weighted by Crippen LogP contribution is -2.31. The Morgan fingerprint density at radius 3 is 3.26 bits per heavy atom. The van der Waals surface area contributed by atoms with Crippen molar-refractivity contribution in [2.75, 3.05) is 25.3 Å². The molecule has 0 spiro atoms. The third kappa shape index (κ3) is 3.24. The van der Waals surface area contributed by atoms with Gasteiger partial charge in [0.2, 0.25) is 0 Å². The fourth-order valence-electron chi connectivity index (χ4n) is 2.33. The van der Waals surface area contributed by atoms with E-state index < -0.39 is 6.10 Å². The Kier molecular flexibility index (Phi) is 4.67. The second-order valence-corrected chi connectivity index (χ2v) is 6.04. The molecule has 3 rings (SSSR count). The number of ether oxygens (including phenoxy) is 2. The third-order valence-corrected chi connectivity index (χ3v) is 4.42. The number of benzene rings is 1. The predicted molar refractivity (Wildman–Crippen MR) is 88.0 cm³/mol. The van der Waals surface area contributed by atoms with Crippen LogP contribution in [0.4, 0.5) is 5.69 Å². The molecule has 6 nitrogen and oxygen atoms in total. The summed E-state index contributed by atoms with van der Waals surface area (Å²) in [4.78, 5) is 18.4. The molecule has 0 radical (unpaired) electrons. The van der Waals surface area contributed by atoms with Gasteiger partial charge in [0.25, 0.3) is 5.91 Å². The first kappa shape index (κ1) is 15.6. The van der Waals surface area contributed by atoms with Crippen LogP contribution >= 0.6 is 11.3 Å². The normalized spacial score (nSPS) is 18.2. The topological polar surface area (TPSA) is 75.5 Å². The van der Waals surface area contributed by atoms with Crippen LogP contribution in [0.25, 0.3) is 16.3 Å². The first-order valence-electron chi connectivity index (χ1n) is 7.09. The van der Waals surface area contributed by atoms with Crippen LogP contribution in [0.5, 0.6) is 0 Å². The minimum Gasteiger partial charge on any atom is -0.381 e. The maximum absolute atomic E-state index is 12.3. The van der Waals surface area contributed by atoms with Gasteiger partial charge in [-0.2, -0.15) is 5.26 Å². The van der Waals surface area contributed by atoms with Gasteiger partial charge in [0, 0.05) is 12.8 Å². The summed E-state index contributed by atoms with van der Waals surface area (Å²) in [5.74, 6) is -0.0927. The number of anilines is 1. The zero-order chi connectivity index (χ0) is 16.2. The summed E-state index contributed by atoms with van der Waals surface area (Å²) >= 11 is 1.52. The third-order valence-electron chi connectivity index (χ3n) is 3.43. The summed E-state index contributed by atoms with van der Waals surface area (Å²) in [6, 6.07) is 7.75. The number of hydrogen-bond acceptors (Lipinski definition) is 6. The highest BCUT2D eigenvalue weighted by atomic mass is 32.1. The van der Waals surface area contributed by atoms with E-state index in [4.69, 9.17) is 14.7 Å². The maximum Gasteiger partial charge on any atom is 0.260 e. The number of methoxy groups -OCH3 is 1. The fourth-order valence-corrected chi connectivity index (χ4v) is 3.26. The lowest BCUT2D eigenvalue weighted by atomic mass is 10.2. The van der Waals surface area contributed by atoms with Crippen molar-refractivity contribution >= 4 is 39.2 Å². The van der Waals surface area contributed by atoms with Crippen LogP contribution in [0, 0.1) is 11.3 Å². The molecule has 1 aromatic heterocycles. The van der Waals surface area contributed by atoms with Gasteiger partial charge < -0.3 is 9.47 Å². The number of fused-ring (bicyclic) bond motifs is 1. The fraction of sp³-hybridized carbons (Fsp3) is 0.312. The van der Waals surface area contributed by atoms with Crippen LogP contribution in [0.1, 0.15) is 11.4 Å². The molecule has 23 heavy (non-hydrogen) atoms. The Morgan fingerprint density at radius 1 is 1.61 bits per heavy atom. The minimum absolute atomic E-state index is 0.0927. The van der Waals surface area contributed by atoms with Crippen molar-refractivity contribution in [2.24, 2.45) is 0 Å². The van der Waals surface area contributed by atoms with Crippen molar-refractivity contribution in [3.63, 3.8) is 0 Å². The number of allylic oxidation sites excluding steroid dienone is 1. The number of nitriles is 1. The van der Waals surface area contributed by atoms with E-state index in [1.807, 2.05) is 24.3 Å². The number of rotatable bonds is 5. The van der Waals surface area contributed by atoms with Gasteiger partial charge in [-0.15, -0.1) is 11.3 Å². The maximum atomic E-state index is 12.3. The van der Waals surface area contributed by atoms with E-state index in [1.54, 1.807) is 18.1 Å². The number of nitrogens with zero attached hydrogens (tertiary/aromatic N) is 3. The molecule has 1 unspecified atom stereocenters. The highest BCUT2D eigenvalue weighted by Crippen LogP contribution is 2.29. The summed E-state index contributed by atoms with van der Waals surface area (Å²) in [6.45, 7) is 0.484. The second kappa shape index (κ2) is 6.87. The number of aromatic nitrogens is 1. The number of hydrogen-bond donors (Lipinski definition) is 0. The summed E-state index contributed by atoms with van der Waals surface area (Å²) in [5, 5.41) is 9.39. The SMILES string of the molecule is COCC1OCN(c2ccc3nc(C=CCC#N)sc3c2)C1=O. The number of carbonyl (C=O) groups is 1. The Hall–Kier alpha value is -2.27. The second-order valence-electron chi connectivity index (χ2n) is 4.97. The van der Waals surface area contributed by atoms with Crippen molar-refractivity contribution in [1.82, 2.24) is 4.98 Å².